The van der Waals surface area contributed by atoms with E-state index in [1.165, 1.54) is 0 Å². The number of carbonyl (C=O) groups excluding carboxylic acids is 1. The first-order valence-electron chi connectivity index (χ1n) is 5.41. The lowest BCUT2D eigenvalue weighted by Crippen LogP contribution is -2.34. The van der Waals surface area contributed by atoms with Crippen LogP contribution in [0.3, 0.4) is 0 Å². The van der Waals surface area contributed by atoms with E-state index in [1.54, 1.807) is 18.7 Å². The van der Waals surface area contributed by atoms with Gasteiger partial charge in [-0.15, -0.1) is 10.2 Å². The molecule has 1 atom stereocenters. The van der Waals surface area contributed by atoms with Gasteiger partial charge in [0.05, 0.1) is 12.4 Å². The molecule has 2 N–H and O–H groups in total. The second-order valence-electron chi connectivity index (χ2n) is 3.60. The monoisotopic (exact) mass is 258 g/mol. The number of hydrogen-bond donors (Lipinski definition) is 1. The Labute approximate surface area is 105 Å². The van der Waals surface area contributed by atoms with Crippen LogP contribution in [-0.4, -0.2) is 39.1 Å². The minimum absolute atomic E-state index is 0.353. The van der Waals surface area contributed by atoms with Crippen molar-refractivity contribution in [2.24, 2.45) is 12.8 Å². The molecule has 1 unspecified atom stereocenters. The van der Waals surface area contributed by atoms with Crippen LogP contribution in [0.5, 0.6) is 0 Å². The van der Waals surface area contributed by atoms with Crippen LogP contribution >= 0.6 is 11.8 Å². The molecular weight excluding hydrogens is 240 g/mol. The molecule has 1 aromatic rings. The number of rotatable bonds is 6. The normalized spacial score (nSPS) is 12.5. The summed E-state index contributed by atoms with van der Waals surface area (Å²) in [6, 6.07) is -0.575. The molecular formula is C10H18N4O2S. The van der Waals surface area contributed by atoms with Gasteiger partial charge in [0.1, 0.15) is 17.7 Å². The van der Waals surface area contributed by atoms with Crippen molar-refractivity contribution >= 4 is 17.7 Å². The highest BCUT2D eigenvalue weighted by Crippen LogP contribution is 2.11. The van der Waals surface area contributed by atoms with Gasteiger partial charge in [-0.1, -0.05) is 0 Å². The predicted octanol–water partition coefficient (Wildman–Crippen LogP) is 0.247. The maximum Gasteiger partial charge on any atom is 0.323 e. The highest BCUT2D eigenvalue weighted by molar-refractivity contribution is 7.98. The van der Waals surface area contributed by atoms with Crippen molar-refractivity contribution in [3.63, 3.8) is 0 Å². The minimum Gasteiger partial charge on any atom is -0.465 e. The molecule has 0 spiro atoms. The largest absolute Gasteiger partial charge is 0.465 e. The van der Waals surface area contributed by atoms with Gasteiger partial charge in [-0.05, 0) is 13.8 Å². The fourth-order valence-corrected chi connectivity index (χ4v) is 2.11. The number of esters is 1. The van der Waals surface area contributed by atoms with E-state index in [4.69, 9.17) is 10.5 Å². The van der Waals surface area contributed by atoms with Crippen LogP contribution in [0.4, 0.5) is 0 Å². The molecule has 1 rings (SSSR count). The van der Waals surface area contributed by atoms with Crippen molar-refractivity contribution in [1.29, 1.82) is 0 Å². The topological polar surface area (TPSA) is 83.0 Å². The van der Waals surface area contributed by atoms with Crippen molar-refractivity contribution in [1.82, 2.24) is 14.8 Å². The third kappa shape index (κ3) is 4.01. The van der Waals surface area contributed by atoms with Crippen molar-refractivity contribution < 1.29 is 9.53 Å². The van der Waals surface area contributed by atoms with Gasteiger partial charge in [0, 0.05) is 12.8 Å². The Morgan fingerprint density at radius 1 is 1.59 bits per heavy atom. The van der Waals surface area contributed by atoms with Gasteiger partial charge < -0.3 is 15.0 Å². The lowest BCUT2D eigenvalue weighted by molar-refractivity contribution is -0.144. The SMILES string of the molecule is CCOC(=O)C(N)CSCc1nnc(C)n1C. The number of thioether (sulfide) groups is 1. The molecule has 0 bridgehead atoms. The summed E-state index contributed by atoms with van der Waals surface area (Å²) in [5.74, 6) is 2.60. The Hall–Kier alpha value is -1.08. The zero-order valence-electron chi connectivity index (χ0n) is 10.3. The number of nitrogens with two attached hydrogens (primary N) is 1. The van der Waals surface area contributed by atoms with Gasteiger partial charge in [-0.2, -0.15) is 11.8 Å². The zero-order chi connectivity index (χ0) is 12.8. The van der Waals surface area contributed by atoms with Crippen LogP contribution < -0.4 is 5.73 Å². The molecule has 6 nitrogen and oxygen atoms in total. The van der Waals surface area contributed by atoms with Gasteiger partial charge in [-0.25, -0.2) is 0 Å². The summed E-state index contributed by atoms with van der Waals surface area (Å²) in [4.78, 5) is 11.3. The van der Waals surface area contributed by atoms with Gasteiger partial charge in [-0.3, -0.25) is 4.79 Å². The van der Waals surface area contributed by atoms with Gasteiger partial charge in [0.2, 0.25) is 0 Å². The molecule has 0 saturated carbocycles. The molecule has 0 aliphatic heterocycles. The van der Waals surface area contributed by atoms with E-state index in [2.05, 4.69) is 10.2 Å². The first-order chi connectivity index (χ1) is 8.06. The average molecular weight is 258 g/mol. The molecule has 0 saturated heterocycles. The second-order valence-corrected chi connectivity index (χ2v) is 4.63. The van der Waals surface area contributed by atoms with E-state index in [0.29, 0.717) is 18.1 Å². The zero-order valence-corrected chi connectivity index (χ0v) is 11.2. The smallest absolute Gasteiger partial charge is 0.323 e. The molecule has 0 aromatic carbocycles. The standard InChI is InChI=1S/C10H18N4O2S/c1-4-16-10(15)8(11)5-17-6-9-13-12-7(2)14(9)3/h8H,4-6,11H2,1-3H3. The Kier molecular flexibility index (Phi) is 5.43. The molecule has 0 amide bonds. The summed E-state index contributed by atoms with van der Waals surface area (Å²) in [6.45, 7) is 4.02. The summed E-state index contributed by atoms with van der Waals surface area (Å²) in [6.07, 6.45) is 0. The number of ether oxygens (including phenoxy) is 1. The van der Waals surface area contributed by atoms with E-state index < -0.39 is 6.04 Å². The second kappa shape index (κ2) is 6.61. The molecule has 0 radical (unpaired) electrons. The maximum atomic E-state index is 11.3. The molecule has 1 aromatic heterocycles. The summed E-state index contributed by atoms with van der Waals surface area (Å²) >= 11 is 1.55. The third-order valence-electron chi connectivity index (χ3n) is 2.30. The maximum absolute atomic E-state index is 11.3. The fourth-order valence-electron chi connectivity index (χ4n) is 1.17. The highest BCUT2D eigenvalue weighted by atomic mass is 32.2. The molecule has 0 aliphatic rings. The van der Waals surface area contributed by atoms with E-state index >= 15 is 0 Å². The lowest BCUT2D eigenvalue weighted by atomic mass is 10.4. The van der Waals surface area contributed by atoms with Gasteiger partial charge >= 0.3 is 5.97 Å². The summed E-state index contributed by atoms with van der Waals surface area (Å²) < 4.78 is 6.74. The number of carbonyl (C=O) groups is 1. The van der Waals surface area contributed by atoms with Crippen LogP contribution in [0.25, 0.3) is 0 Å². The first-order valence-corrected chi connectivity index (χ1v) is 6.56. The van der Waals surface area contributed by atoms with Crippen LogP contribution in [0.2, 0.25) is 0 Å². The molecule has 7 heteroatoms. The Bertz CT molecular complexity index is 380. The van der Waals surface area contributed by atoms with Crippen LogP contribution in [0.1, 0.15) is 18.6 Å². The van der Waals surface area contributed by atoms with Crippen LogP contribution in [0, 0.1) is 6.92 Å². The van der Waals surface area contributed by atoms with Gasteiger partial charge in [0.15, 0.2) is 0 Å². The number of aryl methyl sites for hydroxylation is 1. The fraction of sp³-hybridized carbons (Fsp3) is 0.700. The first kappa shape index (κ1) is 14.0. The quantitative estimate of drug-likeness (QED) is 0.736. The molecule has 17 heavy (non-hydrogen) atoms. The lowest BCUT2D eigenvalue weighted by Gasteiger charge is -2.09. The van der Waals surface area contributed by atoms with Crippen molar-refractivity contribution in [2.75, 3.05) is 12.4 Å². The molecule has 1 heterocycles. The van der Waals surface area contributed by atoms with E-state index in [-0.39, 0.29) is 5.97 Å². The van der Waals surface area contributed by atoms with Crippen LogP contribution in [0.15, 0.2) is 0 Å². The Morgan fingerprint density at radius 2 is 2.29 bits per heavy atom. The third-order valence-corrected chi connectivity index (χ3v) is 3.36. The number of nitrogens with zero attached hydrogens (tertiary/aromatic N) is 3. The van der Waals surface area contributed by atoms with Gasteiger partial charge in [0.25, 0.3) is 0 Å². The minimum atomic E-state index is -0.575. The van der Waals surface area contributed by atoms with E-state index in [9.17, 15) is 4.79 Å². The molecule has 0 fully saturated rings. The van der Waals surface area contributed by atoms with Crippen molar-refractivity contribution in [3.05, 3.63) is 11.6 Å². The highest BCUT2D eigenvalue weighted by Gasteiger charge is 2.15. The number of hydrogen-bond acceptors (Lipinski definition) is 6. The Morgan fingerprint density at radius 3 is 2.82 bits per heavy atom. The van der Waals surface area contributed by atoms with E-state index in [0.717, 1.165) is 11.6 Å². The number of aromatic nitrogens is 3. The summed E-state index contributed by atoms with van der Waals surface area (Å²) in [5.41, 5.74) is 5.67. The van der Waals surface area contributed by atoms with Crippen molar-refractivity contribution in [3.8, 4) is 0 Å². The predicted molar refractivity (Wildman–Crippen MR) is 66.5 cm³/mol. The molecule has 96 valence electrons. The summed E-state index contributed by atoms with van der Waals surface area (Å²) in [7, 11) is 1.91. The van der Waals surface area contributed by atoms with E-state index in [1.807, 2.05) is 18.5 Å². The van der Waals surface area contributed by atoms with Crippen LogP contribution in [-0.2, 0) is 22.3 Å². The van der Waals surface area contributed by atoms with Crippen molar-refractivity contribution in [2.45, 2.75) is 25.6 Å². The Balaban J connectivity index is 2.33. The summed E-state index contributed by atoms with van der Waals surface area (Å²) in [5, 5.41) is 7.98. The molecule has 0 aliphatic carbocycles. The average Bonchev–Trinajstić information content (AvgIpc) is 2.61.